The number of benzene rings is 2. The molecule has 0 heterocycles. The highest BCUT2D eigenvalue weighted by Gasteiger charge is 1.90. The fourth-order valence-electron chi connectivity index (χ4n) is 1.21. The fourth-order valence-corrected chi connectivity index (χ4v) is 1.21. The summed E-state index contributed by atoms with van der Waals surface area (Å²) in [5.41, 5.74) is 1.15. The molecule has 0 fully saturated rings. The Balaban J connectivity index is 2.29. The van der Waals surface area contributed by atoms with Crippen LogP contribution in [0.15, 0.2) is 59.6 Å². The smallest absolute Gasteiger partial charge is 0.0622 e. The Morgan fingerprint density at radius 1 is 1.00 bits per heavy atom. The van der Waals surface area contributed by atoms with E-state index in [0.717, 1.165) is 0 Å². The number of hydrogen-bond acceptors (Lipinski definition) is 2. The third-order valence-corrected chi connectivity index (χ3v) is 1.93. The van der Waals surface area contributed by atoms with Gasteiger partial charge in [-0.2, -0.15) is 0 Å². The second-order valence-electron chi connectivity index (χ2n) is 3.03. The minimum atomic E-state index is -0.262. The van der Waals surface area contributed by atoms with Gasteiger partial charge in [-0.25, -0.2) is 0 Å². The summed E-state index contributed by atoms with van der Waals surface area (Å²) in [6.45, 7) is 0. The van der Waals surface area contributed by atoms with Gasteiger partial charge in [-0.1, -0.05) is 42.5 Å². The normalized spacial score (nSPS) is 11.3. The van der Waals surface area contributed by atoms with Gasteiger partial charge in [-0.3, -0.25) is 4.99 Å². The lowest BCUT2D eigenvalue weighted by Gasteiger charge is -2.09. The van der Waals surface area contributed by atoms with Gasteiger partial charge in [0.2, 0.25) is 0 Å². The maximum Gasteiger partial charge on any atom is 0.0622 e. The van der Waals surface area contributed by atoms with Crippen LogP contribution >= 0.6 is 0 Å². The van der Waals surface area contributed by atoms with Crippen molar-refractivity contribution in [1.29, 1.82) is 0 Å². The van der Waals surface area contributed by atoms with Crippen LogP contribution in [0, 0.1) is 6.07 Å². The molecule has 0 saturated heterocycles. The number of rotatable bonds is 2. The molecule has 0 N–H and O–H groups in total. The Morgan fingerprint density at radius 3 is 2.40 bits per heavy atom. The zero-order valence-corrected chi connectivity index (χ0v) is 8.05. The Morgan fingerprint density at radius 2 is 1.73 bits per heavy atom. The second-order valence-corrected chi connectivity index (χ2v) is 3.03. The lowest BCUT2D eigenvalue weighted by Crippen LogP contribution is -2.18. The van der Waals surface area contributed by atoms with E-state index < -0.39 is 0 Å². The lowest BCUT2D eigenvalue weighted by atomic mass is 10.2. The zero-order valence-electron chi connectivity index (χ0n) is 8.05. The second kappa shape index (κ2) is 4.42. The Kier molecular flexibility index (Phi) is 2.79. The molecule has 0 aliphatic rings. The van der Waals surface area contributed by atoms with E-state index in [1.165, 1.54) is 0 Å². The first kappa shape index (κ1) is 9.46. The van der Waals surface area contributed by atoms with E-state index >= 15 is 0 Å². The van der Waals surface area contributed by atoms with Crippen LogP contribution in [0.3, 0.4) is 0 Å². The molecule has 73 valence electrons. The molecule has 0 unspecified atom stereocenters. The number of hydrogen-bond donors (Lipinski definition) is 0. The lowest BCUT2D eigenvalue weighted by molar-refractivity contribution is -0.212. The van der Waals surface area contributed by atoms with Crippen LogP contribution < -0.4 is 5.11 Å². The van der Waals surface area contributed by atoms with Gasteiger partial charge in [0.1, 0.15) is 0 Å². The van der Waals surface area contributed by atoms with Crippen LogP contribution in [0.5, 0.6) is 0 Å². The van der Waals surface area contributed by atoms with E-state index in [1.54, 1.807) is 30.3 Å². The Bertz CT molecular complexity index is 448. The van der Waals surface area contributed by atoms with Crippen molar-refractivity contribution >= 4 is 11.6 Å². The molecule has 2 nitrogen and oxygen atoms in total. The van der Waals surface area contributed by atoms with Crippen LogP contribution in [0.4, 0.5) is 5.69 Å². The minimum Gasteiger partial charge on any atom is -0.858 e. The van der Waals surface area contributed by atoms with Gasteiger partial charge in [0.25, 0.3) is 0 Å². The molecule has 0 bridgehead atoms. The van der Waals surface area contributed by atoms with E-state index in [4.69, 9.17) is 0 Å². The average molecular weight is 195 g/mol. The van der Waals surface area contributed by atoms with Gasteiger partial charge in [-0.15, -0.1) is 0 Å². The van der Waals surface area contributed by atoms with Crippen molar-refractivity contribution in [2.24, 2.45) is 4.99 Å². The molecule has 0 spiro atoms. The molecule has 2 heteroatoms. The summed E-state index contributed by atoms with van der Waals surface area (Å²) >= 11 is 0. The summed E-state index contributed by atoms with van der Waals surface area (Å²) in [6, 6.07) is 19.0. The quantitative estimate of drug-likeness (QED) is 0.532. The summed E-state index contributed by atoms with van der Waals surface area (Å²) in [5, 5.41) is 11.6. The molecule has 2 aromatic rings. The highest BCUT2D eigenvalue weighted by Crippen LogP contribution is 2.10. The first-order valence-electron chi connectivity index (χ1n) is 4.64. The van der Waals surface area contributed by atoms with Crippen molar-refractivity contribution in [3.63, 3.8) is 0 Å². The number of nitrogens with zero attached hydrogens (tertiary/aromatic N) is 1. The monoisotopic (exact) mass is 195 g/mol. The average Bonchev–Trinajstić information content (AvgIpc) is 2.31. The molecule has 0 aliphatic heterocycles. The molecule has 0 saturated carbocycles. The van der Waals surface area contributed by atoms with Gasteiger partial charge in [0, 0.05) is 0 Å². The van der Waals surface area contributed by atoms with Gasteiger partial charge < -0.3 is 5.11 Å². The zero-order chi connectivity index (χ0) is 10.5. The van der Waals surface area contributed by atoms with Crippen LogP contribution in [0.2, 0.25) is 0 Å². The van der Waals surface area contributed by atoms with Gasteiger partial charge in [-0.05, 0) is 29.7 Å². The molecular weight excluding hydrogens is 186 g/mol. The van der Waals surface area contributed by atoms with Crippen molar-refractivity contribution < 1.29 is 5.11 Å². The predicted octanol–water partition coefficient (Wildman–Crippen LogP) is 1.93. The standard InChI is InChI=1S/C13H10NO/c15-13(11-7-3-1-4-8-11)14-12-9-5-2-6-10-12/h1-7,9-10H,(H,14,15)/p-1. The van der Waals surface area contributed by atoms with Gasteiger partial charge in [0.15, 0.2) is 0 Å². The first-order valence-corrected chi connectivity index (χ1v) is 4.64. The summed E-state index contributed by atoms with van der Waals surface area (Å²) in [4.78, 5) is 3.96. The minimum absolute atomic E-state index is 0.262. The van der Waals surface area contributed by atoms with E-state index in [-0.39, 0.29) is 5.90 Å². The van der Waals surface area contributed by atoms with E-state index in [0.29, 0.717) is 11.3 Å². The Hall–Kier alpha value is -2.09. The van der Waals surface area contributed by atoms with E-state index in [2.05, 4.69) is 11.1 Å². The summed E-state index contributed by atoms with van der Waals surface area (Å²) in [7, 11) is 0. The Labute approximate surface area is 88.5 Å². The molecule has 0 aromatic heterocycles. The topological polar surface area (TPSA) is 35.4 Å². The van der Waals surface area contributed by atoms with Crippen molar-refractivity contribution in [3.05, 3.63) is 66.2 Å². The van der Waals surface area contributed by atoms with Gasteiger partial charge >= 0.3 is 0 Å². The molecule has 0 atom stereocenters. The summed E-state index contributed by atoms with van der Waals surface area (Å²) < 4.78 is 0. The number of aliphatic imine (C=N–C) groups is 1. The maximum atomic E-state index is 11.6. The van der Waals surface area contributed by atoms with Gasteiger partial charge in [0.05, 0.1) is 5.69 Å². The molecule has 2 rings (SSSR count). The third-order valence-electron chi connectivity index (χ3n) is 1.93. The SMILES string of the molecule is [O-]C(=Nc1ccccc1)c1[c]cccc1. The molecule has 1 radical (unpaired) electrons. The third kappa shape index (κ3) is 2.44. The summed E-state index contributed by atoms with van der Waals surface area (Å²) in [6.07, 6.45) is 0. The fraction of sp³-hybridized carbons (Fsp3) is 0. The highest BCUT2D eigenvalue weighted by atomic mass is 16.3. The maximum absolute atomic E-state index is 11.6. The molecule has 15 heavy (non-hydrogen) atoms. The molecule has 0 amide bonds. The summed E-state index contributed by atoms with van der Waals surface area (Å²) in [5.74, 6) is -0.262. The number of para-hydroxylation sites is 1. The van der Waals surface area contributed by atoms with Crippen molar-refractivity contribution in [1.82, 2.24) is 0 Å². The predicted molar refractivity (Wildman–Crippen MR) is 57.9 cm³/mol. The molecule has 2 aromatic carbocycles. The van der Waals surface area contributed by atoms with Crippen LogP contribution in [-0.4, -0.2) is 5.90 Å². The highest BCUT2D eigenvalue weighted by molar-refractivity contribution is 5.92. The van der Waals surface area contributed by atoms with Crippen molar-refractivity contribution in [2.75, 3.05) is 0 Å². The molecular formula is C13H9NO-. The largest absolute Gasteiger partial charge is 0.858 e. The van der Waals surface area contributed by atoms with Crippen LogP contribution in [-0.2, 0) is 0 Å². The first-order chi connectivity index (χ1) is 7.36. The molecule has 0 aliphatic carbocycles. The van der Waals surface area contributed by atoms with Crippen LogP contribution in [0.25, 0.3) is 0 Å². The van der Waals surface area contributed by atoms with Crippen molar-refractivity contribution in [2.45, 2.75) is 0 Å². The van der Waals surface area contributed by atoms with Crippen LogP contribution in [0.1, 0.15) is 5.56 Å². The van der Waals surface area contributed by atoms with E-state index in [1.807, 2.05) is 24.3 Å². The van der Waals surface area contributed by atoms with E-state index in [9.17, 15) is 5.11 Å². The van der Waals surface area contributed by atoms with Crippen molar-refractivity contribution in [3.8, 4) is 0 Å².